The van der Waals surface area contributed by atoms with E-state index >= 15 is 0 Å². The number of piperazine rings is 1. The molecule has 0 bridgehead atoms. The van der Waals surface area contributed by atoms with E-state index in [9.17, 15) is 9.18 Å². The molecule has 0 spiro atoms. The number of rotatable bonds is 3. The fraction of sp³-hybridized carbons (Fsp3) is 0.261. The Labute approximate surface area is 185 Å². The van der Waals surface area contributed by atoms with Gasteiger partial charge in [0.05, 0.1) is 5.02 Å². The van der Waals surface area contributed by atoms with Crippen LogP contribution >= 0.6 is 11.6 Å². The molecule has 1 N–H and O–H groups in total. The molecule has 0 saturated carbocycles. The maximum absolute atomic E-state index is 13.3. The van der Waals surface area contributed by atoms with Crippen LogP contribution in [0, 0.1) is 19.7 Å². The molecule has 1 saturated heterocycles. The Balaban J connectivity index is 1.42. The highest BCUT2D eigenvalue weighted by atomic mass is 35.5. The van der Waals surface area contributed by atoms with Crippen LogP contribution < -0.4 is 10.2 Å². The fourth-order valence-corrected chi connectivity index (χ4v) is 3.72. The molecule has 2 aromatic carbocycles. The van der Waals surface area contributed by atoms with Gasteiger partial charge in [-0.3, -0.25) is 0 Å². The van der Waals surface area contributed by atoms with Gasteiger partial charge in [-0.1, -0.05) is 35.4 Å². The van der Waals surface area contributed by atoms with Gasteiger partial charge >= 0.3 is 6.03 Å². The standard InChI is InChI=1S/C23H23ClFN5O/c1-15-4-3-5-17(12-15)22-26-16(2)13-21(28-22)29-8-10-30(11-9-29)23(31)27-18-6-7-20(25)19(24)14-18/h3-7,12-14H,8-11H2,1-2H3,(H,27,31). The second-order valence-electron chi connectivity index (χ2n) is 7.59. The van der Waals surface area contributed by atoms with E-state index in [4.69, 9.17) is 16.6 Å². The van der Waals surface area contributed by atoms with Crippen LogP contribution in [0.1, 0.15) is 11.3 Å². The minimum atomic E-state index is -0.515. The van der Waals surface area contributed by atoms with Gasteiger partial charge in [0, 0.05) is 49.2 Å². The third-order valence-corrected chi connectivity index (χ3v) is 5.47. The van der Waals surface area contributed by atoms with Gasteiger partial charge in [-0.05, 0) is 38.1 Å². The van der Waals surface area contributed by atoms with E-state index in [2.05, 4.69) is 21.3 Å². The molecule has 3 aromatic rings. The van der Waals surface area contributed by atoms with Crippen molar-refractivity contribution in [3.8, 4) is 11.4 Å². The minimum absolute atomic E-state index is 0.0221. The van der Waals surface area contributed by atoms with E-state index in [-0.39, 0.29) is 11.1 Å². The van der Waals surface area contributed by atoms with Crippen LogP contribution in [0.2, 0.25) is 5.02 Å². The molecule has 1 fully saturated rings. The van der Waals surface area contributed by atoms with Crippen LogP contribution in [-0.4, -0.2) is 47.1 Å². The molecule has 1 aromatic heterocycles. The number of aromatic nitrogens is 2. The number of carbonyl (C=O) groups is 1. The summed E-state index contributed by atoms with van der Waals surface area (Å²) in [4.78, 5) is 25.8. The Bertz CT molecular complexity index is 1110. The summed E-state index contributed by atoms with van der Waals surface area (Å²) in [5, 5.41) is 2.75. The molecule has 2 amide bonds. The van der Waals surface area contributed by atoms with E-state index in [1.54, 1.807) is 4.90 Å². The molecule has 0 atom stereocenters. The van der Waals surface area contributed by atoms with Gasteiger partial charge in [0.1, 0.15) is 11.6 Å². The van der Waals surface area contributed by atoms with Crippen molar-refractivity contribution in [1.82, 2.24) is 14.9 Å². The van der Waals surface area contributed by atoms with Gasteiger partial charge < -0.3 is 15.1 Å². The molecule has 0 unspecified atom stereocenters. The number of anilines is 2. The van der Waals surface area contributed by atoms with Crippen LogP contribution in [0.4, 0.5) is 20.7 Å². The van der Waals surface area contributed by atoms with E-state index in [1.165, 1.54) is 18.2 Å². The van der Waals surface area contributed by atoms with E-state index in [0.29, 0.717) is 37.7 Å². The van der Waals surface area contributed by atoms with Gasteiger partial charge in [-0.25, -0.2) is 19.2 Å². The highest BCUT2D eigenvalue weighted by Gasteiger charge is 2.23. The number of amides is 2. The van der Waals surface area contributed by atoms with E-state index < -0.39 is 5.82 Å². The number of carbonyl (C=O) groups excluding carboxylic acids is 1. The second kappa shape index (κ2) is 8.89. The largest absolute Gasteiger partial charge is 0.353 e. The lowest BCUT2D eigenvalue weighted by atomic mass is 10.1. The summed E-state index contributed by atoms with van der Waals surface area (Å²) in [5.74, 6) is 1.04. The smallest absolute Gasteiger partial charge is 0.321 e. The predicted octanol–water partition coefficient (Wildman–Crippen LogP) is 4.91. The number of halogens is 2. The molecule has 0 aliphatic carbocycles. The number of nitrogens with one attached hydrogen (secondary N) is 1. The topological polar surface area (TPSA) is 61.4 Å². The summed E-state index contributed by atoms with van der Waals surface area (Å²) in [6, 6.07) is 14.0. The van der Waals surface area contributed by atoms with Crippen LogP contribution in [-0.2, 0) is 0 Å². The van der Waals surface area contributed by atoms with Crippen LogP contribution in [0.3, 0.4) is 0 Å². The summed E-state index contributed by atoms with van der Waals surface area (Å²) >= 11 is 5.79. The zero-order chi connectivity index (χ0) is 22.0. The molecule has 31 heavy (non-hydrogen) atoms. The first-order valence-electron chi connectivity index (χ1n) is 10.1. The Morgan fingerprint density at radius 3 is 2.52 bits per heavy atom. The van der Waals surface area contributed by atoms with Gasteiger partial charge in [0.2, 0.25) is 0 Å². The van der Waals surface area contributed by atoms with Crippen LogP contribution in [0.15, 0.2) is 48.5 Å². The molecular formula is C23H23ClFN5O. The SMILES string of the molecule is Cc1cccc(-c2nc(C)cc(N3CCN(C(=O)Nc4ccc(F)c(Cl)c4)CC3)n2)c1. The Morgan fingerprint density at radius 1 is 1.03 bits per heavy atom. The third kappa shape index (κ3) is 4.94. The zero-order valence-electron chi connectivity index (χ0n) is 17.4. The van der Waals surface area contributed by atoms with Gasteiger partial charge in [0.15, 0.2) is 5.82 Å². The number of benzene rings is 2. The number of nitrogens with zero attached hydrogens (tertiary/aromatic N) is 4. The minimum Gasteiger partial charge on any atom is -0.353 e. The molecule has 8 heteroatoms. The number of aryl methyl sites for hydroxylation is 2. The molecule has 160 valence electrons. The summed E-state index contributed by atoms with van der Waals surface area (Å²) in [7, 11) is 0. The van der Waals surface area contributed by atoms with Crippen molar-refractivity contribution in [2.24, 2.45) is 0 Å². The average molecular weight is 440 g/mol. The lowest BCUT2D eigenvalue weighted by molar-refractivity contribution is 0.208. The molecular weight excluding hydrogens is 417 g/mol. The highest BCUT2D eigenvalue weighted by Crippen LogP contribution is 2.23. The predicted molar refractivity (Wildman–Crippen MR) is 121 cm³/mol. The lowest BCUT2D eigenvalue weighted by Crippen LogP contribution is -2.50. The molecule has 2 heterocycles. The zero-order valence-corrected chi connectivity index (χ0v) is 18.2. The highest BCUT2D eigenvalue weighted by molar-refractivity contribution is 6.31. The first-order valence-corrected chi connectivity index (χ1v) is 10.5. The summed E-state index contributed by atoms with van der Waals surface area (Å²) < 4.78 is 13.3. The van der Waals surface area contributed by atoms with Crippen molar-refractivity contribution in [1.29, 1.82) is 0 Å². The maximum atomic E-state index is 13.3. The van der Waals surface area contributed by atoms with Crippen LogP contribution in [0.25, 0.3) is 11.4 Å². The van der Waals surface area contributed by atoms with Gasteiger partial charge in [-0.2, -0.15) is 0 Å². The maximum Gasteiger partial charge on any atom is 0.321 e. The molecule has 6 nitrogen and oxygen atoms in total. The number of hydrogen-bond donors (Lipinski definition) is 1. The first kappa shape index (κ1) is 21.1. The molecule has 1 aliphatic rings. The van der Waals surface area contributed by atoms with Crippen molar-refractivity contribution in [2.45, 2.75) is 13.8 Å². The summed E-state index contributed by atoms with van der Waals surface area (Å²) in [5.41, 5.74) is 3.51. The van der Waals surface area contributed by atoms with Crippen molar-refractivity contribution < 1.29 is 9.18 Å². The normalized spacial score (nSPS) is 13.9. The van der Waals surface area contributed by atoms with Crippen LogP contribution in [0.5, 0.6) is 0 Å². The van der Waals surface area contributed by atoms with Crippen molar-refractivity contribution in [2.75, 3.05) is 36.4 Å². The third-order valence-electron chi connectivity index (χ3n) is 5.18. The Morgan fingerprint density at radius 2 is 1.81 bits per heavy atom. The molecule has 0 radical (unpaired) electrons. The second-order valence-corrected chi connectivity index (χ2v) is 8.00. The van der Waals surface area contributed by atoms with Crippen molar-refractivity contribution in [3.05, 3.63) is 70.6 Å². The molecule has 4 rings (SSSR count). The molecule has 1 aliphatic heterocycles. The Kier molecular flexibility index (Phi) is 6.04. The fourth-order valence-electron chi connectivity index (χ4n) is 3.54. The average Bonchev–Trinajstić information content (AvgIpc) is 2.76. The van der Waals surface area contributed by atoms with Crippen molar-refractivity contribution >= 4 is 29.1 Å². The van der Waals surface area contributed by atoms with E-state index in [1.807, 2.05) is 38.1 Å². The monoisotopic (exact) mass is 439 g/mol. The quantitative estimate of drug-likeness (QED) is 0.630. The summed E-state index contributed by atoms with van der Waals surface area (Å²) in [6.45, 7) is 6.40. The summed E-state index contributed by atoms with van der Waals surface area (Å²) in [6.07, 6.45) is 0. The van der Waals surface area contributed by atoms with Gasteiger partial charge in [0.25, 0.3) is 0 Å². The lowest BCUT2D eigenvalue weighted by Gasteiger charge is -2.35. The van der Waals surface area contributed by atoms with Crippen molar-refractivity contribution in [3.63, 3.8) is 0 Å². The van der Waals surface area contributed by atoms with E-state index in [0.717, 1.165) is 22.6 Å². The Hall–Kier alpha value is -3.19. The number of hydrogen-bond acceptors (Lipinski definition) is 4. The first-order chi connectivity index (χ1) is 14.9. The number of urea groups is 1. The van der Waals surface area contributed by atoms with Gasteiger partial charge in [-0.15, -0.1) is 0 Å².